The molecule has 0 aliphatic carbocycles. The van der Waals surface area contributed by atoms with Crippen molar-refractivity contribution in [2.75, 3.05) is 19.7 Å². The summed E-state index contributed by atoms with van der Waals surface area (Å²) in [7, 11) is 0. The van der Waals surface area contributed by atoms with Gasteiger partial charge < -0.3 is 15.7 Å². The number of nitrogens with zero attached hydrogens (tertiary/aromatic N) is 1. The van der Waals surface area contributed by atoms with Crippen LogP contribution in [0.15, 0.2) is 0 Å². The van der Waals surface area contributed by atoms with Gasteiger partial charge in [-0.3, -0.25) is 4.79 Å². The van der Waals surface area contributed by atoms with E-state index < -0.39 is 0 Å². The third-order valence-electron chi connectivity index (χ3n) is 2.93. The molecule has 0 bridgehead atoms. The Labute approximate surface area is 85.1 Å². The quantitative estimate of drug-likeness (QED) is 0.654. The minimum absolute atomic E-state index is 0.0707. The lowest BCUT2D eigenvalue weighted by molar-refractivity contribution is -0.129. The Morgan fingerprint density at radius 1 is 1.71 bits per heavy atom. The molecule has 2 unspecified atom stereocenters. The summed E-state index contributed by atoms with van der Waals surface area (Å²) in [6, 6.07) is -0.290. The third kappa shape index (κ3) is 2.69. The van der Waals surface area contributed by atoms with Gasteiger partial charge in [0.1, 0.15) is 0 Å². The molecule has 0 spiro atoms. The van der Waals surface area contributed by atoms with Crippen molar-refractivity contribution in [1.82, 2.24) is 4.90 Å². The van der Waals surface area contributed by atoms with E-state index in [1.807, 2.05) is 4.90 Å². The fourth-order valence-electron chi connectivity index (χ4n) is 1.86. The van der Waals surface area contributed by atoms with Crippen LogP contribution in [0.4, 0.5) is 0 Å². The monoisotopic (exact) mass is 200 g/mol. The SMILES string of the molecule is CCC(CCO)CN1CCC(N)C1=O. The number of nitrogens with two attached hydrogens (primary N) is 1. The minimum atomic E-state index is -0.290. The Morgan fingerprint density at radius 2 is 2.43 bits per heavy atom. The number of hydrogen-bond donors (Lipinski definition) is 2. The Kier molecular flexibility index (Phi) is 4.35. The summed E-state index contributed by atoms with van der Waals surface area (Å²) in [5.41, 5.74) is 5.62. The van der Waals surface area contributed by atoms with Crippen molar-refractivity contribution in [2.24, 2.45) is 11.7 Å². The summed E-state index contributed by atoms with van der Waals surface area (Å²) in [5, 5.41) is 8.83. The van der Waals surface area contributed by atoms with Crippen LogP contribution in [0, 0.1) is 5.92 Å². The second-order valence-corrected chi connectivity index (χ2v) is 3.97. The van der Waals surface area contributed by atoms with Crippen molar-refractivity contribution in [3.8, 4) is 0 Å². The molecule has 1 heterocycles. The maximum absolute atomic E-state index is 11.5. The molecule has 0 saturated carbocycles. The predicted octanol–water partition coefficient (Wildman–Crippen LogP) is -0.0454. The Morgan fingerprint density at radius 3 is 2.86 bits per heavy atom. The molecule has 1 rings (SSSR count). The van der Waals surface area contributed by atoms with Gasteiger partial charge in [0, 0.05) is 19.7 Å². The van der Waals surface area contributed by atoms with Crippen LogP contribution >= 0.6 is 0 Å². The van der Waals surface area contributed by atoms with E-state index in [0.29, 0.717) is 5.92 Å². The molecule has 0 aromatic carbocycles. The van der Waals surface area contributed by atoms with E-state index in [1.54, 1.807) is 0 Å². The first-order valence-electron chi connectivity index (χ1n) is 5.34. The van der Waals surface area contributed by atoms with Crippen LogP contribution in [0.3, 0.4) is 0 Å². The molecule has 82 valence electrons. The van der Waals surface area contributed by atoms with Crippen molar-refractivity contribution in [3.05, 3.63) is 0 Å². The van der Waals surface area contributed by atoms with Crippen LogP contribution in [0.25, 0.3) is 0 Å². The number of amides is 1. The number of likely N-dealkylation sites (tertiary alicyclic amines) is 1. The molecule has 1 aliphatic heterocycles. The van der Waals surface area contributed by atoms with Gasteiger partial charge in [0.25, 0.3) is 0 Å². The lowest BCUT2D eigenvalue weighted by atomic mass is 10.0. The van der Waals surface area contributed by atoms with Gasteiger partial charge in [-0.15, -0.1) is 0 Å². The van der Waals surface area contributed by atoms with E-state index in [2.05, 4.69) is 6.92 Å². The fraction of sp³-hybridized carbons (Fsp3) is 0.900. The molecule has 1 amide bonds. The van der Waals surface area contributed by atoms with Crippen LogP contribution in [-0.4, -0.2) is 41.7 Å². The first-order valence-corrected chi connectivity index (χ1v) is 5.34. The Hall–Kier alpha value is -0.610. The number of hydrogen-bond acceptors (Lipinski definition) is 3. The van der Waals surface area contributed by atoms with Crippen molar-refractivity contribution in [3.63, 3.8) is 0 Å². The van der Waals surface area contributed by atoms with Gasteiger partial charge in [-0.05, 0) is 18.8 Å². The summed E-state index contributed by atoms with van der Waals surface area (Å²) >= 11 is 0. The van der Waals surface area contributed by atoms with Crippen molar-refractivity contribution < 1.29 is 9.90 Å². The van der Waals surface area contributed by atoms with Gasteiger partial charge in [-0.1, -0.05) is 13.3 Å². The average Bonchev–Trinajstić information content (AvgIpc) is 2.49. The minimum Gasteiger partial charge on any atom is -0.396 e. The zero-order valence-corrected chi connectivity index (χ0v) is 8.78. The van der Waals surface area contributed by atoms with Gasteiger partial charge >= 0.3 is 0 Å². The lowest BCUT2D eigenvalue weighted by Crippen LogP contribution is -2.37. The van der Waals surface area contributed by atoms with Gasteiger partial charge in [0.05, 0.1) is 6.04 Å². The van der Waals surface area contributed by atoms with Crippen molar-refractivity contribution >= 4 is 5.91 Å². The highest BCUT2D eigenvalue weighted by Crippen LogP contribution is 2.15. The molecule has 0 radical (unpaired) electrons. The van der Waals surface area contributed by atoms with E-state index in [0.717, 1.165) is 32.4 Å². The molecule has 4 heteroatoms. The predicted molar refractivity (Wildman–Crippen MR) is 54.7 cm³/mol. The molecule has 14 heavy (non-hydrogen) atoms. The van der Waals surface area contributed by atoms with Gasteiger partial charge in [-0.25, -0.2) is 0 Å². The molecule has 0 aromatic rings. The van der Waals surface area contributed by atoms with Crippen LogP contribution in [-0.2, 0) is 4.79 Å². The molecule has 1 fully saturated rings. The second kappa shape index (κ2) is 5.32. The first-order chi connectivity index (χ1) is 6.69. The molecular weight excluding hydrogens is 180 g/mol. The summed E-state index contributed by atoms with van der Waals surface area (Å²) in [4.78, 5) is 13.3. The van der Waals surface area contributed by atoms with Crippen LogP contribution in [0.1, 0.15) is 26.2 Å². The Bertz CT molecular complexity index is 197. The standard InChI is InChI=1S/C10H20N2O2/c1-2-8(4-6-13)7-12-5-3-9(11)10(12)14/h8-9,13H,2-7,11H2,1H3. The molecule has 1 saturated heterocycles. The van der Waals surface area contributed by atoms with Gasteiger partial charge in [-0.2, -0.15) is 0 Å². The lowest BCUT2D eigenvalue weighted by Gasteiger charge is -2.22. The summed E-state index contributed by atoms with van der Waals surface area (Å²) in [6.45, 7) is 3.82. The zero-order valence-electron chi connectivity index (χ0n) is 8.78. The normalized spacial score (nSPS) is 24.4. The second-order valence-electron chi connectivity index (χ2n) is 3.97. The van der Waals surface area contributed by atoms with Crippen LogP contribution in [0.5, 0.6) is 0 Å². The van der Waals surface area contributed by atoms with Crippen molar-refractivity contribution in [2.45, 2.75) is 32.2 Å². The molecule has 2 atom stereocenters. The van der Waals surface area contributed by atoms with Crippen LogP contribution in [0.2, 0.25) is 0 Å². The number of carbonyl (C=O) groups is 1. The van der Waals surface area contributed by atoms with Gasteiger partial charge in [0.15, 0.2) is 0 Å². The maximum atomic E-state index is 11.5. The molecule has 3 N–H and O–H groups in total. The average molecular weight is 200 g/mol. The molecule has 0 aromatic heterocycles. The van der Waals surface area contributed by atoms with Crippen molar-refractivity contribution in [1.29, 1.82) is 0 Å². The number of aliphatic hydroxyl groups excluding tert-OH is 1. The smallest absolute Gasteiger partial charge is 0.239 e. The highest BCUT2D eigenvalue weighted by molar-refractivity contribution is 5.83. The van der Waals surface area contributed by atoms with E-state index in [9.17, 15) is 4.79 Å². The van der Waals surface area contributed by atoms with E-state index in [4.69, 9.17) is 10.8 Å². The molecule has 1 aliphatic rings. The topological polar surface area (TPSA) is 66.6 Å². The fourth-order valence-corrected chi connectivity index (χ4v) is 1.86. The molecule has 4 nitrogen and oxygen atoms in total. The summed E-state index contributed by atoms with van der Waals surface area (Å²) < 4.78 is 0. The third-order valence-corrected chi connectivity index (χ3v) is 2.93. The van der Waals surface area contributed by atoms with E-state index in [-0.39, 0.29) is 18.6 Å². The highest BCUT2D eigenvalue weighted by Gasteiger charge is 2.29. The zero-order chi connectivity index (χ0) is 10.6. The molecular formula is C10H20N2O2. The van der Waals surface area contributed by atoms with E-state index >= 15 is 0 Å². The summed E-state index contributed by atoms with van der Waals surface area (Å²) in [6.07, 6.45) is 2.55. The van der Waals surface area contributed by atoms with Gasteiger partial charge in [0.2, 0.25) is 5.91 Å². The highest BCUT2D eigenvalue weighted by atomic mass is 16.3. The summed E-state index contributed by atoms with van der Waals surface area (Å²) in [5.74, 6) is 0.482. The van der Waals surface area contributed by atoms with Crippen LogP contribution < -0.4 is 5.73 Å². The number of carbonyl (C=O) groups excluding carboxylic acids is 1. The maximum Gasteiger partial charge on any atom is 0.239 e. The largest absolute Gasteiger partial charge is 0.396 e. The number of aliphatic hydroxyl groups is 1. The first kappa shape index (κ1) is 11.5. The number of rotatable bonds is 5. The Balaban J connectivity index is 2.39. The van der Waals surface area contributed by atoms with E-state index in [1.165, 1.54) is 0 Å².